The Morgan fingerprint density at radius 2 is 2.15 bits per heavy atom. The maximum Gasteiger partial charge on any atom is 0.433 e. The van der Waals surface area contributed by atoms with Crippen LogP contribution in [0.2, 0.25) is 0 Å². The van der Waals surface area contributed by atoms with E-state index in [9.17, 15) is 13.2 Å². The van der Waals surface area contributed by atoms with E-state index in [1.807, 2.05) is 0 Å². The quantitative estimate of drug-likeness (QED) is 0.899. The van der Waals surface area contributed by atoms with Gasteiger partial charge in [-0.05, 0) is 25.3 Å². The van der Waals surface area contributed by atoms with Gasteiger partial charge in [0.25, 0.3) is 0 Å². The number of fused-ring (bicyclic) bond motifs is 1. The molecule has 7 heteroatoms. The lowest BCUT2D eigenvalue weighted by Gasteiger charge is -2.21. The molecule has 0 aliphatic carbocycles. The minimum absolute atomic E-state index is 0.227. The van der Waals surface area contributed by atoms with E-state index in [0.29, 0.717) is 44.8 Å². The Morgan fingerprint density at radius 3 is 2.85 bits per heavy atom. The van der Waals surface area contributed by atoms with Crippen molar-refractivity contribution in [2.75, 3.05) is 19.8 Å². The third-order valence-corrected chi connectivity index (χ3v) is 3.75. The number of nitrogens with zero attached hydrogens (tertiary/aromatic N) is 2. The number of nitrogens with one attached hydrogen (secondary N) is 1. The monoisotopic (exact) mass is 287 g/mol. The zero-order valence-corrected chi connectivity index (χ0v) is 11.0. The summed E-state index contributed by atoms with van der Waals surface area (Å²) in [6.07, 6.45) is -2.77. The molecular weight excluding hydrogens is 271 g/mol. The predicted molar refractivity (Wildman–Crippen MR) is 65.1 cm³/mol. The van der Waals surface area contributed by atoms with Crippen LogP contribution in [0.15, 0.2) is 0 Å². The molecule has 4 nitrogen and oxygen atoms in total. The van der Waals surface area contributed by atoms with E-state index in [-0.39, 0.29) is 17.3 Å². The van der Waals surface area contributed by atoms with Crippen molar-refractivity contribution in [1.82, 2.24) is 15.3 Å². The van der Waals surface area contributed by atoms with Gasteiger partial charge in [0.2, 0.25) is 0 Å². The molecule has 1 aromatic heterocycles. The largest absolute Gasteiger partial charge is 0.433 e. The zero-order valence-electron chi connectivity index (χ0n) is 11.0. The number of ether oxygens (including phenoxy) is 1. The number of hydrogen-bond donors (Lipinski definition) is 1. The summed E-state index contributed by atoms with van der Waals surface area (Å²) in [4.78, 5) is 8.12. The first-order chi connectivity index (χ1) is 9.54. The summed E-state index contributed by atoms with van der Waals surface area (Å²) in [7, 11) is 0. The van der Waals surface area contributed by atoms with Crippen molar-refractivity contribution in [2.24, 2.45) is 5.92 Å². The SMILES string of the molecule is FC(F)(F)c1nc(CC2CCOC2)nc2c1CCNC2. The maximum atomic E-state index is 13.1. The molecule has 3 heterocycles. The van der Waals surface area contributed by atoms with Crippen molar-refractivity contribution in [3.05, 3.63) is 22.8 Å². The van der Waals surface area contributed by atoms with Crippen LogP contribution in [0, 0.1) is 5.92 Å². The summed E-state index contributed by atoms with van der Waals surface area (Å²) in [5.74, 6) is 0.515. The van der Waals surface area contributed by atoms with Crippen LogP contribution in [0.4, 0.5) is 13.2 Å². The average molecular weight is 287 g/mol. The van der Waals surface area contributed by atoms with E-state index in [2.05, 4.69) is 15.3 Å². The van der Waals surface area contributed by atoms with Crippen molar-refractivity contribution in [3.63, 3.8) is 0 Å². The highest BCUT2D eigenvalue weighted by molar-refractivity contribution is 5.30. The minimum atomic E-state index is -4.41. The van der Waals surface area contributed by atoms with E-state index in [1.165, 1.54) is 0 Å². The van der Waals surface area contributed by atoms with E-state index >= 15 is 0 Å². The van der Waals surface area contributed by atoms with Crippen LogP contribution in [0.1, 0.15) is 29.2 Å². The highest BCUT2D eigenvalue weighted by Crippen LogP contribution is 2.33. The van der Waals surface area contributed by atoms with Gasteiger partial charge in [-0.1, -0.05) is 0 Å². The molecule has 0 bridgehead atoms. The Morgan fingerprint density at radius 1 is 1.30 bits per heavy atom. The lowest BCUT2D eigenvalue weighted by molar-refractivity contribution is -0.142. The van der Waals surface area contributed by atoms with E-state index in [1.54, 1.807) is 0 Å². The number of hydrogen-bond acceptors (Lipinski definition) is 4. The van der Waals surface area contributed by atoms with Crippen LogP contribution in [0.5, 0.6) is 0 Å². The second-order valence-corrected chi connectivity index (χ2v) is 5.27. The topological polar surface area (TPSA) is 47.0 Å². The zero-order chi connectivity index (χ0) is 14.2. The summed E-state index contributed by atoms with van der Waals surface area (Å²) < 4.78 is 44.7. The molecule has 0 aromatic carbocycles. The molecule has 2 aliphatic rings. The number of halogens is 3. The second kappa shape index (κ2) is 5.29. The van der Waals surface area contributed by atoms with Gasteiger partial charge in [-0.25, -0.2) is 9.97 Å². The van der Waals surface area contributed by atoms with Gasteiger partial charge in [0.05, 0.1) is 5.69 Å². The maximum absolute atomic E-state index is 13.1. The lowest BCUT2D eigenvalue weighted by atomic mass is 10.0. The Bertz CT molecular complexity index is 498. The molecule has 0 amide bonds. The van der Waals surface area contributed by atoms with Crippen molar-refractivity contribution in [2.45, 2.75) is 32.0 Å². The predicted octanol–water partition coefficient (Wildman–Crippen LogP) is 1.72. The van der Waals surface area contributed by atoms with Crippen LogP contribution in [0.3, 0.4) is 0 Å². The molecule has 110 valence electrons. The van der Waals surface area contributed by atoms with Gasteiger partial charge in [-0.15, -0.1) is 0 Å². The molecule has 1 unspecified atom stereocenters. The van der Waals surface area contributed by atoms with Gasteiger partial charge in [-0.2, -0.15) is 13.2 Å². The van der Waals surface area contributed by atoms with Crippen molar-refractivity contribution in [3.8, 4) is 0 Å². The number of alkyl halides is 3. The van der Waals surface area contributed by atoms with Crippen LogP contribution < -0.4 is 5.32 Å². The first kappa shape index (κ1) is 13.8. The fraction of sp³-hybridized carbons (Fsp3) is 0.692. The highest BCUT2D eigenvalue weighted by Gasteiger charge is 2.38. The number of aromatic nitrogens is 2. The summed E-state index contributed by atoms with van der Waals surface area (Å²) >= 11 is 0. The standard InChI is InChI=1S/C13H16F3N3O/c14-13(15,16)12-9-1-3-17-6-10(9)18-11(19-12)5-8-2-4-20-7-8/h8,17H,1-7H2. The fourth-order valence-electron chi connectivity index (χ4n) is 2.74. The van der Waals surface area contributed by atoms with Gasteiger partial charge >= 0.3 is 6.18 Å². The van der Waals surface area contributed by atoms with E-state index in [0.717, 1.165) is 6.42 Å². The Hall–Kier alpha value is -1.21. The van der Waals surface area contributed by atoms with Crippen LogP contribution >= 0.6 is 0 Å². The minimum Gasteiger partial charge on any atom is -0.381 e. The average Bonchev–Trinajstić information content (AvgIpc) is 2.89. The highest BCUT2D eigenvalue weighted by atomic mass is 19.4. The van der Waals surface area contributed by atoms with Gasteiger partial charge in [-0.3, -0.25) is 0 Å². The van der Waals surface area contributed by atoms with Gasteiger partial charge < -0.3 is 10.1 Å². The first-order valence-electron chi connectivity index (χ1n) is 6.78. The van der Waals surface area contributed by atoms with Crippen LogP contribution in [-0.4, -0.2) is 29.7 Å². The third-order valence-electron chi connectivity index (χ3n) is 3.75. The summed E-state index contributed by atoms with van der Waals surface area (Å²) in [6.45, 7) is 2.17. The summed E-state index contributed by atoms with van der Waals surface area (Å²) in [5.41, 5.74) is -0.00641. The fourth-order valence-corrected chi connectivity index (χ4v) is 2.74. The molecule has 0 saturated carbocycles. The Balaban J connectivity index is 1.94. The molecular formula is C13H16F3N3O. The summed E-state index contributed by atoms with van der Waals surface area (Å²) in [6, 6.07) is 0. The Kier molecular flexibility index (Phi) is 3.64. The van der Waals surface area contributed by atoms with E-state index in [4.69, 9.17) is 4.74 Å². The number of rotatable bonds is 2. The normalized spacial score (nSPS) is 22.9. The first-order valence-corrected chi connectivity index (χ1v) is 6.78. The van der Waals surface area contributed by atoms with Gasteiger partial charge in [0.15, 0.2) is 5.69 Å². The van der Waals surface area contributed by atoms with Crippen LogP contribution in [0.25, 0.3) is 0 Å². The Labute approximate surface area is 114 Å². The van der Waals surface area contributed by atoms with Crippen molar-refractivity contribution >= 4 is 0 Å². The molecule has 1 saturated heterocycles. The van der Waals surface area contributed by atoms with Gasteiger partial charge in [0.1, 0.15) is 5.82 Å². The third kappa shape index (κ3) is 2.78. The second-order valence-electron chi connectivity index (χ2n) is 5.27. The molecule has 1 fully saturated rings. The molecule has 2 aliphatic heterocycles. The smallest absolute Gasteiger partial charge is 0.381 e. The lowest BCUT2D eigenvalue weighted by Crippen LogP contribution is -2.29. The molecule has 0 spiro atoms. The molecule has 3 rings (SSSR count). The molecule has 20 heavy (non-hydrogen) atoms. The van der Waals surface area contributed by atoms with Crippen LogP contribution in [-0.2, 0) is 30.3 Å². The summed E-state index contributed by atoms with van der Waals surface area (Å²) in [5, 5.41) is 3.06. The van der Waals surface area contributed by atoms with Crippen molar-refractivity contribution < 1.29 is 17.9 Å². The molecule has 1 N–H and O–H groups in total. The van der Waals surface area contributed by atoms with Gasteiger partial charge in [0, 0.05) is 31.7 Å². The van der Waals surface area contributed by atoms with Crippen molar-refractivity contribution in [1.29, 1.82) is 0 Å². The molecule has 1 atom stereocenters. The van der Waals surface area contributed by atoms with E-state index < -0.39 is 11.9 Å². The molecule has 0 radical (unpaired) electrons. The molecule has 1 aromatic rings.